The van der Waals surface area contributed by atoms with Crippen LogP contribution in [0.3, 0.4) is 0 Å². The summed E-state index contributed by atoms with van der Waals surface area (Å²) in [7, 11) is 0. The molecular weight excluding hydrogens is 369 g/mol. The molecule has 1 amide bonds. The highest BCUT2D eigenvalue weighted by atomic mass is 35.5. The molecule has 1 aliphatic heterocycles. The number of hydrogen-bond acceptors (Lipinski definition) is 3. The molecule has 1 aromatic heterocycles. The van der Waals surface area contributed by atoms with Crippen LogP contribution in [0.5, 0.6) is 0 Å². The van der Waals surface area contributed by atoms with Crippen LogP contribution in [-0.4, -0.2) is 10.9 Å². The fourth-order valence-corrected chi connectivity index (χ4v) is 3.39. The Morgan fingerprint density at radius 1 is 1.04 bits per heavy atom. The topological polar surface area (TPSA) is 45.2 Å². The molecule has 3 aromatic rings. The minimum atomic E-state index is -0.385. The van der Waals surface area contributed by atoms with Gasteiger partial charge in [0.15, 0.2) is 0 Å². The van der Waals surface area contributed by atoms with Crippen molar-refractivity contribution >= 4 is 40.6 Å². The van der Waals surface area contributed by atoms with Gasteiger partial charge in [-0.15, -0.1) is 0 Å². The molecule has 2 aromatic carbocycles. The first-order chi connectivity index (χ1) is 12.5. The Morgan fingerprint density at radius 2 is 1.81 bits per heavy atom. The SMILES string of the molecule is Cc1ccc(Cl)cc1N[C@@H]1c2ccccc2C(=O)N1c1ccc(Cl)cn1. The van der Waals surface area contributed by atoms with Crippen LogP contribution in [0.1, 0.15) is 27.7 Å². The second-order valence-electron chi connectivity index (χ2n) is 6.10. The number of anilines is 2. The Labute approximate surface area is 161 Å². The largest absolute Gasteiger partial charge is 0.361 e. The third-order valence-electron chi connectivity index (χ3n) is 4.41. The summed E-state index contributed by atoms with van der Waals surface area (Å²) in [4.78, 5) is 19.0. The third kappa shape index (κ3) is 2.91. The summed E-state index contributed by atoms with van der Waals surface area (Å²) in [6, 6.07) is 16.7. The van der Waals surface area contributed by atoms with Crippen molar-refractivity contribution in [1.29, 1.82) is 0 Å². The number of carbonyl (C=O) groups excluding carboxylic acids is 1. The maximum absolute atomic E-state index is 13.0. The van der Waals surface area contributed by atoms with E-state index >= 15 is 0 Å². The molecule has 4 nitrogen and oxygen atoms in total. The van der Waals surface area contributed by atoms with E-state index in [1.165, 1.54) is 6.20 Å². The van der Waals surface area contributed by atoms with Crippen molar-refractivity contribution in [3.05, 3.63) is 87.5 Å². The van der Waals surface area contributed by atoms with Crippen molar-refractivity contribution in [1.82, 2.24) is 4.98 Å². The van der Waals surface area contributed by atoms with Gasteiger partial charge in [-0.1, -0.05) is 47.5 Å². The van der Waals surface area contributed by atoms with Gasteiger partial charge in [-0.25, -0.2) is 4.98 Å². The van der Waals surface area contributed by atoms with Crippen LogP contribution < -0.4 is 10.2 Å². The molecule has 26 heavy (non-hydrogen) atoms. The molecule has 0 aliphatic carbocycles. The quantitative estimate of drug-likeness (QED) is 0.652. The number of carbonyl (C=O) groups is 1. The maximum Gasteiger partial charge on any atom is 0.261 e. The molecular formula is C20H15Cl2N3O. The van der Waals surface area contributed by atoms with Crippen LogP contribution in [0.4, 0.5) is 11.5 Å². The Morgan fingerprint density at radius 3 is 2.58 bits per heavy atom. The van der Waals surface area contributed by atoms with Gasteiger partial charge in [0.2, 0.25) is 0 Å². The predicted molar refractivity (Wildman–Crippen MR) is 105 cm³/mol. The van der Waals surface area contributed by atoms with Crippen molar-refractivity contribution in [2.75, 3.05) is 10.2 Å². The van der Waals surface area contributed by atoms with Crippen molar-refractivity contribution < 1.29 is 4.79 Å². The predicted octanol–water partition coefficient (Wildman–Crippen LogP) is 5.47. The number of aromatic nitrogens is 1. The van der Waals surface area contributed by atoms with Gasteiger partial charge >= 0.3 is 0 Å². The Bertz CT molecular complexity index is 989. The molecule has 2 heterocycles. The number of benzene rings is 2. The second kappa shape index (κ2) is 6.63. The van der Waals surface area contributed by atoms with Crippen molar-refractivity contribution in [2.24, 2.45) is 0 Å². The smallest absolute Gasteiger partial charge is 0.261 e. The molecule has 130 valence electrons. The van der Waals surface area contributed by atoms with E-state index in [4.69, 9.17) is 23.2 Å². The summed E-state index contributed by atoms with van der Waals surface area (Å²) in [5.41, 5.74) is 3.45. The number of nitrogens with one attached hydrogen (secondary N) is 1. The molecule has 1 aliphatic rings. The second-order valence-corrected chi connectivity index (χ2v) is 6.98. The fraction of sp³-hybridized carbons (Fsp3) is 0.100. The van der Waals surface area contributed by atoms with Crippen LogP contribution in [0.15, 0.2) is 60.8 Å². The van der Waals surface area contributed by atoms with Gasteiger partial charge in [0.25, 0.3) is 5.91 Å². The van der Waals surface area contributed by atoms with Crippen molar-refractivity contribution in [2.45, 2.75) is 13.1 Å². The average molecular weight is 384 g/mol. The summed E-state index contributed by atoms with van der Waals surface area (Å²) < 4.78 is 0. The first-order valence-electron chi connectivity index (χ1n) is 8.11. The molecule has 0 spiro atoms. The lowest BCUT2D eigenvalue weighted by molar-refractivity contribution is 0.0992. The molecule has 1 atom stereocenters. The standard InChI is InChI=1S/C20H15Cl2N3O/c1-12-6-7-13(21)10-17(12)24-19-15-4-2-3-5-16(15)20(26)25(19)18-9-8-14(22)11-23-18/h2-11,19,24H,1H3/t19-/m0/s1. The molecule has 4 rings (SSSR count). The Hall–Kier alpha value is -2.56. The van der Waals surface area contributed by atoms with Crippen LogP contribution in [0.2, 0.25) is 10.0 Å². The van der Waals surface area contributed by atoms with Gasteiger partial charge in [-0.05, 0) is 42.8 Å². The summed E-state index contributed by atoms with van der Waals surface area (Å²) in [6.07, 6.45) is 1.15. The summed E-state index contributed by atoms with van der Waals surface area (Å²) in [5.74, 6) is 0.431. The summed E-state index contributed by atoms with van der Waals surface area (Å²) >= 11 is 12.1. The normalized spacial score (nSPS) is 15.9. The monoisotopic (exact) mass is 383 g/mol. The first kappa shape index (κ1) is 16.9. The zero-order valence-corrected chi connectivity index (χ0v) is 15.4. The van der Waals surface area contributed by atoms with Gasteiger partial charge in [0.05, 0.1) is 5.02 Å². The van der Waals surface area contributed by atoms with Crippen molar-refractivity contribution in [3.8, 4) is 0 Å². The fourth-order valence-electron chi connectivity index (χ4n) is 3.10. The van der Waals surface area contributed by atoms with E-state index in [0.717, 1.165) is 16.8 Å². The number of pyridine rings is 1. The molecule has 0 unspecified atom stereocenters. The third-order valence-corrected chi connectivity index (χ3v) is 4.87. The van der Waals surface area contributed by atoms with E-state index in [1.54, 1.807) is 17.0 Å². The number of rotatable bonds is 3. The minimum absolute atomic E-state index is 0.104. The molecule has 0 radical (unpaired) electrons. The van der Waals surface area contributed by atoms with E-state index in [-0.39, 0.29) is 12.1 Å². The molecule has 1 N–H and O–H groups in total. The highest BCUT2D eigenvalue weighted by molar-refractivity contribution is 6.31. The van der Waals surface area contributed by atoms with Gasteiger partial charge in [-0.3, -0.25) is 9.69 Å². The average Bonchev–Trinajstić information content (AvgIpc) is 2.92. The lowest BCUT2D eigenvalue weighted by Gasteiger charge is -2.27. The maximum atomic E-state index is 13.0. The Kier molecular flexibility index (Phi) is 4.31. The van der Waals surface area contributed by atoms with Crippen LogP contribution >= 0.6 is 23.2 Å². The highest BCUT2D eigenvalue weighted by Gasteiger charge is 2.38. The van der Waals surface area contributed by atoms with E-state index in [9.17, 15) is 4.79 Å². The zero-order valence-electron chi connectivity index (χ0n) is 13.9. The molecule has 6 heteroatoms. The molecule has 0 fully saturated rings. The summed E-state index contributed by atoms with van der Waals surface area (Å²) in [5, 5.41) is 4.60. The van der Waals surface area contributed by atoms with E-state index < -0.39 is 0 Å². The van der Waals surface area contributed by atoms with E-state index in [1.807, 2.05) is 49.4 Å². The van der Waals surface area contributed by atoms with Crippen molar-refractivity contribution in [3.63, 3.8) is 0 Å². The number of hydrogen-bond donors (Lipinski definition) is 1. The highest BCUT2D eigenvalue weighted by Crippen LogP contribution is 2.38. The minimum Gasteiger partial charge on any atom is -0.361 e. The number of amides is 1. The number of aryl methyl sites for hydroxylation is 1. The van der Waals surface area contributed by atoms with Gasteiger partial charge < -0.3 is 5.32 Å². The molecule has 0 saturated heterocycles. The molecule has 0 bridgehead atoms. The summed E-state index contributed by atoms with van der Waals surface area (Å²) in [6.45, 7) is 1.99. The number of nitrogens with zero attached hydrogens (tertiary/aromatic N) is 2. The number of halogens is 2. The van der Waals surface area contributed by atoms with Gasteiger partial charge in [0, 0.05) is 28.0 Å². The van der Waals surface area contributed by atoms with E-state index in [2.05, 4.69) is 10.3 Å². The molecule has 0 saturated carbocycles. The zero-order chi connectivity index (χ0) is 18.3. The van der Waals surface area contributed by atoms with Crippen LogP contribution in [-0.2, 0) is 0 Å². The first-order valence-corrected chi connectivity index (χ1v) is 8.87. The lowest BCUT2D eigenvalue weighted by atomic mass is 10.1. The lowest BCUT2D eigenvalue weighted by Crippen LogP contribution is -2.33. The van der Waals surface area contributed by atoms with Crippen LogP contribution in [0.25, 0.3) is 0 Å². The Balaban J connectivity index is 1.80. The number of fused-ring (bicyclic) bond motifs is 1. The van der Waals surface area contributed by atoms with Gasteiger partial charge in [-0.2, -0.15) is 0 Å². The van der Waals surface area contributed by atoms with Gasteiger partial charge in [0.1, 0.15) is 12.0 Å². The van der Waals surface area contributed by atoms with E-state index in [0.29, 0.717) is 21.4 Å². The van der Waals surface area contributed by atoms with Crippen LogP contribution in [0, 0.1) is 6.92 Å².